The number of aliphatic hydroxyl groups is 1. The van der Waals surface area contributed by atoms with Crippen molar-refractivity contribution in [2.75, 3.05) is 6.61 Å². The largest absolute Gasteiger partial charge is 0.465 e. The summed E-state index contributed by atoms with van der Waals surface area (Å²) in [6, 6.07) is 3.80. The summed E-state index contributed by atoms with van der Waals surface area (Å²) in [5.41, 5.74) is 5.99. The number of carbonyl (C=O) groups is 1. The predicted molar refractivity (Wildman–Crippen MR) is 68.7 cm³/mol. The monoisotopic (exact) mass is 321 g/mol. The smallest absolute Gasteiger partial charge is 0.325 e. The van der Waals surface area contributed by atoms with Crippen molar-refractivity contribution in [3.8, 4) is 0 Å². The van der Waals surface area contributed by atoms with E-state index in [1.807, 2.05) is 0 Å². The Labute approximate surface area is 113 Å². The van der Waals surface area contributed by atoms with E-state index in [1.165, 1.54) is 0 Å². The molecular weight excluding hydrogens is 309 g/mol. The van der Waals surface area contributed by atoms with E-state index in [1.54, 1.807) is 25.1 Å². The molecule has 6 heteroatoms. The standard InChI is InChI=1S/C11H13BrClNO3/c1-2-17-11(16)9(14)10(15)7-4-3-6(12)5-8(7)13/h3-5,9-10,15H,2,14H2,1H3. The van der Waals surface area contributed by atoms with Gasteiger partial charge in [0.1, 0.15) is 12.1 Å². The summed E-state index contributed by atoms with van der Waals surface area (Å²) in [5, 5.41) is 10.3. The van der Waals surface area contributed by atoms with Gasteiger partial charge in [0.05, 0.1) is 6.61 Å². The van der Waals surface area contributed by atoms with Gasteiger partial charge >= 0.3 is 5.97 Å². The van der Waals surface area contributed by atoms with Crippen LogP contribution in [0.15, 0.2) is 22.7 Å². The Morgan fingerprint density at radius 2 is 2.29 bits per heavy atom. The normalized spacial score (nSPS) is 14.2. The van der Waals surface area contributed by atoms with Crippen LogP contribution in [0, 0.1) is 0 Å². The lowest BCUT2D eigenvalue weighted by atomic mass is 10.0. The molecule has 1 aromatic carbocycles. The number of carbonyl (C=O) groups excluding carboxylic acids is 1. The Kier molecular flexibility index (Phi) is 5.39. The highest BCUT2D eigenvalue weighted by molar-refractivity contribution is 9.10. The molecule has 1 aromatic rings. The van der Waals surface area contributed by atoms with Gasteiger partial charge in [-0.2, -0.15) is 0 Å². The predicted octanol–water partition coefficient (Wildman–Crippen LogP) is 2.03. The van der Waals surface area contributed by atoms with Crippen LogP contribution in [-0.4, -0.2) is 23.7 Å². The van der Waals surface area contributed by atoms with E-state index in [0.29, 0.717) is 10.6 Å². The third kappa shape index (κ3) is 3.67. The van der Waals surface area contributed by atoms with Gasteiger partial charge in [0.15, 0.2) is 0 Å². The lowest BCUT2D eigenvalue weighted by Gasteiger charge is -2.18. The van der Waals surface area contributed by atoms with Gasteiger partial charge in [-0.05, 0) is 19.1 Å². The minimum absolute atomic E-state index is 0.216. The highest BCUT2D eigenvalue weighted by Crippen LogP contribution is 2.28. The maximum Gasteiger partial charge on any atom is 0.325 e. The molecule has 0 fully saturated rings. The van der Waals surface area contributed by atoms with E-state index in [9.17, 15) is 9.90 Å². The van der Waals surface area contributed by atoms with Crippen LogP contribution in [-0.2, 0) is 9.53 Å². The van der Waals surface area contributed by atoms with Crippen LogP contribution < -0.4 is 5.73 Å². The van der Waals surface area contributed by atoms with Crippen LogP contribution >= 0.6 is 27.5 Å². The first-order valence-corrected chi connectivity index (χ1v) is 6.19. The van der Waals surface area contributed by atoms with E-state index in [2.05, 4.69) is 15.9 Å². The molecule has 94 valence electrons. The Bertz CT molecular complexity index is 414. The molecule has 1 rings (SSSR count). The number of aliphatic hydroxyl groups excluding tert-OH is 1. The molecule has 3 N–H and O–H groups in total. The van der Waals surface area contributed by atoms with Gasteiger partial charge in [-0.15, -0.1) is 0 Å². The molecule has 0 saturated heterocycles. The quantitative estimate of drug-likeness (QED) is 0.832. The van der Waals surface area contributed by atoms with Gasteiger partial charge in [-0.3, -0.25) is 4.79 Å². The molecule has 4 nitrogen and oxygen atoms in total. The van der Waals surface area contributed by atoms with E-state index < -0.39 is 18.1 Å². The number of hydrogen-bond donors (Lipinski definition) is 2. The zero-order valence-corrected chi connectivity index (χ0v) is 11.5. The fourth-order valence-corrected chi connectivity index (χ4v) is 2.09. The number of hydrogen-bond acceptors (Lipinski definition) is 4. The van der Waals surface area contributed by atoms with Crippen LogP contribution in [0.1, 0.15) is 18.6 Å². The highest BCUT2D eigenvalue weighted by Gasteiger charge is 2.26. The van der Waals surface area contributed by atoms with Crippen molar-refractivity contribution in [3.63, 3.8) is 0 Å². The Morgan fingerprint density at radius 1 is 1.65 bits per heavy atom. The summed E-state index contributed by atoms with van der Waals surface area (Å²) in [6.45, 7) is 1.89. The van der Waals surface area contributed by atoms with Crippen molar-refractivity contribution in [1.29, 1.82) is 0 Å². The first-order chi connectivity index (χ1) is 7.97. The zero-order chi connectivity index (χ0) is 13.0. The molecule has 0 amide bonds. The van der Waals surface area contributed by atoms with Crippen molar-refractivity contribution < 1.29 is 14.6 Å². The van der Waals surface area contributed by atoms with Crippen LogP contribution in [0.4, 0.5) is 0 Å². The van der Waals surface area contributed by atoms with Crippen LogP contribution in [0.3, 0.4) is 0 Å². The van der Waals surface area contributed by atoms with Gasteiger partial charge in [-0.1, -0.05) is 33.6 Å². The molecule has 0 aliphatic heterocycles. The average molecular weight is 323 g/mol. The number of esters is 1. The molecule has 0 spiro atoms. The number of rotatable bonds is 4. The second-order valence-corrected chi connectivity index (χ2v) is 4.71. The molecule has 2 atom stereocenters. The summed E-state index contributed by atoms with van der Waals surface area (Å²) >= 11 is 9.20. The van der Waals surface area contributed by atoms with Crippen molar-refractivity contribution in [1.82, 2.24) is 0 Å². The number of halogens is 2. The van der Waals surface area contributed by atoms with Crippen molar-refractivity contribution in [2.45, 2.75) is 19.1 Å². The van der Waals surface area contributed by atoms with Gasteiger partial charge < -0.3 is 15.6 Å². The van der Waals surface area contributed by atoms with E-state index >= 15 is 0 Å². The summed E-state index contributed by atoms with van der Waals surface area (Å²) in [7, 11) is 0. The molecule has 2 unspecified atom stereocenters. The fraction of sp³-hybridized carbons (Fsp3) is 0.364. The van der Waals surface area contributed by atoms with E-state index in [-0.39, 0.29) is 6.61 Å². The fourth-order valence-electron chi connectivity index (χ4n) is 1.30. The lowest BCUT2D eigenvalue weighted by molar-refractivity contribution is -0.147. The highest BCUT2D eigenvalue weighted by atomic mass is 79.9. The molecule has 0 aliphatic rings. The van der Waals surface area contributed by atoms with Crippen LogP contribution in [0.5, 0.6) is 0 Å². The first-order valence-electron chi connectivity index (χ1n) is 5.02. The summed E-state index contributed by atoms with van der Waals surface area (Å²) in [6.07, 6.45) is -1.19. The maximum atomic E-state index is 11.4. The van der Waals surface area contributed by atoms with Crippen molar-refractivity contribution in [3.05, 3.63) is 33.3 Å². The van der Waals surface area contributed by atoms with Gasteiger partial charge in [0.2, 0.25) is 0 Å². The van der Waals surface area contributed by atoms with E-state index in [4.69, 9.17) is 22.1 Å². The van der Waals surface area contributed by atoms with Crippen LogP contribution in [0.25, 0.3) is 0 Å². The SMILES string of the molecule is CCOC(=O)C(N)C(O)c1ccc(Br)cc1Cl. The maximum absolute atomic E-state index is 11.4. The minimum atomic E-state index is -1.19. The molecule has 0 heterocycles. The second-order valence-electron chi connectivity index (χ2n) is 3.39. The van der Waals surface area contributed by atoms with Crippen molar-refractivity contribution in [2.24, 2.45) is 5.73 Å². The molecule has 0 saturated carbocycles. The Hall–Kier alpha value is -0.620. The Balaban J connectivity index is 2.88. The van der Waals surface area contributed by atoms with Gasteiger partial charge in [0.25, 0.3) is 0 Å². The summed E-state index contributed by atoms with van der Waals surface area (Å²) in [4.78, 5) is 11.4. The van der Waals surface area contributed by atoms with Gasteiger partial charge in [0, 0.05) is 15.1 Å². The molecule has 0 bridgehead atoms. The molecule has 0 aliphatic carbocycles. The topological polar surface area (TPSA) is 72.5 Å². The van der Waals surface area contributed by atoms with Crippen molar-refractivity contribution >= 4 is 33.5 Å². The van der Waals surface area contributed by atoms with Gasteiger partial charge in [-0.25, -0.2) is 0 Å². The first kappa shape index (κ1) is 14.4. The number of benzene rings is 1. The number of ether oxygens (including phenoxy) is 1. The summed E-state index contributed by atoms with van der Waals surface area (Å²) in [5.74, 6) is -0.654. The van der Waals surface area contributed by atoms with Crippen LogP contribution in [0.2, 0.25) is 5.02 Å². The molecule has 0 aromatic heterocycles. The molecule has 0 radical (unpaired) electrons. The Morgan fingerprint density at radius 3 is 2.82 bits per heavy atom. The molecule has 17 heavy (non-hydrogen) atoms. The summed E-state index contributed by atoms with van der Waals surface area (Å²) < 4.78 is 5.51. The third-order valence-corrected chi connectivity index (χ3v) is 3.00. The third-order valence-electron chi connectivity index (χ3n) is 2.18. The zero-order valence-electron chi connectivity index (χ0n) is 9.19. The molecular formula is C11H13BrClNO3. The minimum Gasteiger partial charge on any atom is -0.465 e. The lowest BCUT2D eigenvalue weighted by Crippen LogP contribution is -2.38. The van der Waals surface area contributed by atoms with E-state index in [0.717, 1.165) is 4.47 Å². The average Bonchev–Trinajstić information content (AvgIpc) is 2.27. The number of nitrogens with two attached hydrogens (primary N) is 1. The second kappa shape index (κ2) is 6.35.